The van der Waals surface area contributed by atoms with Gasteiger partial charge in [-0.2, -0.15) is 0 Å². The molecule has 1 saturated heterocycles. The van der Waals surface area contributed by atoms with Gasteiger partial charge in [-0.25, -0.2) is 4.79 Å². The molecule has 1 aromatic rings. The highest BCUT2D eigenvalue weighted by atomic mass is 35.5. The lowest BCUT2D eigenvalue weighted by molar-refractivity contribution is -0.131. The molecule has 1 heterocycles. The number of halogens is 1. The Morgan fingerprint density at radius 3 is 2.80 bits per heavy atom. The fraction of sp³-hybridized carbons (Fsp3) is 0.438. The van der Waals surface area contributed by atoms with Crippen molar-refractivity contribution >= 4 is 29.3 Å². The molecule has 1 atom stereocenters. The van der Waals surface area contributed by atoms with Crippen molar-refractivity contribution in [1.29, 1.82) is 0 Å². The summed E-state index contributed by atoms with van der Waals surface area (Å²) < 4.78 is 0. The van der Waals surface area contributed by atoms with Crippen molar-refractivity contribution in [3.8, 4) is 0 Å². The molecule has 0 bridgehead atoms. The summed E-state index contributed by atoms with van der Waals surface area (Å²) in [6, 6.07) is 5.81. The van der Waals surface area contributed by atoms with Gasteiger partial charge < -0.3 is 10.0 Å². The number of nitrogens with zero attached hydrogens (tertiary/aromatic N) is 1. The van der Waals surface area contributed by atoms with Gasteiger partial charge in [0.15, 0.2) is 0 Å². The molecule has 1 aliphatic rings. The van der Waals surface area contributed by atoms with Gasteiger partial charge >= 0.3 is 5.97 Å². The average molecular weight is 294 g/mol. The standard InChI is InChI=1S/C16H20ClNO2/c1-11(2)13-7-8-18(10-13)14-5-3-12(15(17)9-14)4-6-16(19)20/h3-6,9,11,13H,7-8,10H2,1-2H3,(H,19,20)/b6-4+. The topological polar surface area (TPSA) is 40.5 Å². The van der Waals surface area contributed by atoms with E-state index in [0.717, 1.165) is 36.3 Å². The molecule has 4 heteroatoms. The van der Waals surface area contributed by atoms with Gasteiger partial charge in [0, 0.05) is 29.9 Å². The summed E-state index contributed by atoms with van der Waals surface area (Å²) in [7, 11) is 0. The highest BCUT2D eigenvalue weighted by Crippen LogP contribution is 2.31. The Hall–Kier alpha value is -1.48. The van der Waals surface area contributed by atoms with Gasteiger partial charge in [-0.15, -0.1) is 0 Å². The third-order valence-electron chi connectivity index (χ3n) is 3.92. The third-order valence-corrected chi connectivity index (χ3v) is 4.25. The molecule has 0 spiro atoms. The summed E-state index contributed by atoms with van der Waals surface area (Å²) in [5.41, 5.74) is 1.85. The van der Waals surface area contributed by atoms with Crippen molar-refractivity contribution in [2.24, 2.45) is 11.8 Å². The minimum Gasteiger partial charge on any atom is -0.478 e. The van der Waals surface area contributed by atoms with Crippen LogP contribution in [0.2, 0.25) is 5.02 Å². The number of rotatable bonds is 4. The second kappa shape index (κ2) is 6.31. The van der Waals surface area contributed by atoms with Crippen LogP contribution in [0.1, 0.15) is 25.8 Å². The van der Waals surface area contributed by atoms with Crippen molar-refractivity contribution in [2.45, 2.75) is 20.3 Å². The number of carboxylic acid groups (broad SMARTS) is 1. The Morgan fingerprint density at radius 2 is 2.25 bits per heavy atom. The minimum absolute atomic E-state index is 0.591. The molecule has 108 valence electrons. The summed E-state index contributed by atoms with van der Waals surface area (Å²) in [4.78, 5) is 12.9. The zero-order valence-electron chi connectivity index (χ0n) is 11.8. The fourth-order valence-corrected chi connectivity index (χ4v) is 2.81. The molecule has 0 aromatic heterocycles. The predicted molar refractivity (Wildman–Crippen MR) is 83.3 cm³/mol. The molecule has 2 rings (SSSR count). The molecule has 0 amide bonds. The predicted octanol–water partition coefficient (Wildman–Crippen LogP) is 3.92. The maximum atomic E-state index is 10.5. The van der Waals surface area contributed by atoms with Crippen LogP contribution in [-0.4, -0.2) is 24.2 Å². The third kappa shape index (κ3) is 3.54. The van der Waals surface area contributed by atoms with Gasteiger partial charge in [-0.3, -0.25) is 0 Å². The van der Waals surface area contributed by atoms with Gasteiger partial charge in [0.05, 0.1) is 0 Å². The van der Waals surface area contributed by atoms with Crippen molar-refractivity contribution in [3.05, 3.63) is 34.9 Å². The van der Waals surface area contributed by atoms with E-state index in [1.54, 1.807) is 0 Å². The molecule has 0 saturated carbocycles. The highest BCUT2D eigenvalue weighted by molar-refractivity contribution is 6.32. The molecule has 0 radical (unpaired) electrons. The van der Waals surface area contributed by atoms with E-state index in [9.17, 15) is 4.79 Å². The van der Waals surface area contributed by atoms with Crippen LogP contribution in [0.15, 0.2) is 24.3 Å². The minimum atomic E-state index is -0.968. The van der Waals surface area contributed by atoms with E-state index in [1.807, 2.05) is 18.2 Å². The van der Waals surface area contributed by atoms with Gasteiger partial charge in [-0.05, 0) is 42.0 Å². The van der Waals surface area contributed by atoms with Crippen molar-refractivity contribution < 1.29 is 9.90 Å². The van der Waals surface area contributed by atoms with Crippen LogP contribution in [-0.2, 0) is 4.79 Å². The maximum Gasteiger partial charge on any atom is 0.328 e. The smallest absolute Gasteiger partial charge is 0.328 e. The van der Waals surface area contributed by atoms with Gasteiger partial charge in [0.1, 0.15) is 0 Å². The molecule has 1 fully saturated rings. The van der Waals surface area contributed by atoms with E-state index in [2.05, 4.69) is 18.7 Å². The zero-order valence-corrected chi connectivity index (χ0v) is 12.6. The first kappa shape index (κ1) is 14.9. The number of anilines is 1. The summed E-state index contributed by atoms with van der Waals surface area (Å²) in [6.07, 6.45) is 3.84. The lowest BCUT2D eigenvalue weighted by Crippen LogP contribution is -2.21. The van der Waals surface area contributed by atoms with Gasteiger partial charge in [0.2, 0.25) is 0 Å². The molecule has 0 aliphatic carbocycles. The Kier molecular flexibility index (Phi) is 4.71. The molecular formula is C16H20ClNO2. The first-order valence-corrected chi connectivity index (χ1v) is 7.30. The average Bonchev–Trinajstić information content (AvgIpc) is 2.86. The van der Waals surface area contributed by atoms with Crippen molar-refractivity contribution in [1.82, 2.24) is 0 Å². The lowest BCUT2D eigenvalue weighted by atomic mass is 9.95. The lowest BCUT2D eigenvalue weighted by Gasteiger charge is -2.20. The second-order valence-corrected chi connectivity index (χ2v) is 6.02. The largest absolute Gasteiger partial charge is 0.478 e. The van der Waals surface area contributed by atoms with Gasteiger partial charge in [0.25, 0.3) is 0 Å². The van der Waals surface area contributed by atoms with Crippen molar-refractivity contribution in [3.63, 3.8) is 0 Å². The van der Waals surface area contributed by atoms with E-state index in [1.165, 1.54) is 12.5 Å². The fourth-order valence-electron chi connectivity index (χ4n) is 2.57. The van der Waals surface area contributed by atoms with E-state index in [0.29, 0.717) is 10.9 Å². The quantitative estimate of drug-likeness (QED) is 0.855. The van der Waals surface area contributed by atoms with Crippen LogP contribution in [0, 0.1) is 11.8 Å². The molecular weight excluding hydrogens is 274 g/mol. The Balaban J connectivity index is 2.12. The highest BCUT2D eigenvalue weighted by Gasteiger charge is 2.25. The SMILES string of the molecule is CC(C)C1CCN(c2ccc(/C=C/C(=O)O)c(Cl)c2)C1. The maximum absolute atomic E-state index is 10.5. The van der Waals surface area contributed by atoms with Gasteiger partial charge in [-0.1, -0.05) is 31.5 Å². The normalized spacial score (nSPS) is 19.2. The van der Waals surface area contributed by atoms with E-state index in [4.69, 9.17) is 16.7 Å². The van der Waals surface area contributed by atoms with Crippen LogP contribution in [0.5, 0.6) is 0 Å². The number of benzene rings is 1. The van der Waals surface area contributed by atoms with Crippen LogP contribution in [0.3, 0.4) is 0 Å². The number of hydrogen-bond donors (Lipinski definition) is 1. The summed E-state index contributed by atoms with van der Waals surface area (Å²) in [5, 5.41) is 9.23. The van der Waals surface area contributed by atoms with Crippen LogP contribution in [0.25, 0.3) is 6.08 Å². The summed E-state index contributed by atoms with van der Waals surface area (Å²) >= 11 is 6.22. The molecule has 20 heavy (non-hydrogen) atoms. The molecule has 3 nitrogen and oxygen atoms in total. The summed E-state index contributed by atoms with van der Waals surface area (Å²) in [5.74, 6) is 0.470. The van der Waals surface area contributed by atoms with E-state index >= 15 is 0 Å². The molecule has 1 unspecified atom stereocenters. The van der Waals surface area contributed by atoms with E-state index in [-0.39, 0.29) is 0 Å². The van der Waals surface area contributed by atoms with Crippen molar-refractivity contribution in [2.75, 3.05) is 18.0 Å². The number of aliphatic carboxylic acids is 1. The molecule has 1 aromatic carbocycles. The summed E-state index contributed by atoms with van der Waals surface area (Å²) in [6.45, 7) is 6.66. The Bertz CT molecular complexity index is 525. The first-order valence-electron chi connectivity index (χ1n) is 6.93. The first-order chi connectivity index (χ1) is 9.47. The molecule has 1 N–H and O–H groups in total. The van der Waals surface area contributed by atoms with Crippen LogP contribution < -0.4 is 4.90 Å². The monoisotopic (exact) mass is 293 g/mol. The van der Waals surface area contributed by atoms with E-state index < -0.39 is 5.97 Å². The Morgan fingerprint density at radius 1 is 1.50 bits per heavy atom. The molecule has 1 aliphatic heterocycles. The van der Waals surface area contributed by atoms with Crippen LogP contribution in [0.4, 0.5) is 5.69 Å². The number of carbonyl (C=O) groups is 1. The second-order valence-electron chi connectivity index (χ2n) is 5.62. The van der Waals surface area contributed by atoms with Crippen LogP contribution >= 0.6 is 11.6 Å². The Labute approximate surface area is 124 Å². The number of hydrogen-bond acceptors (Lipinski definition) is 2. The zero-order chi connectivity index (χ0) is 14.7. The number of carboxylic acids is 1.